The number of hydrogen-bond acceptors (Lipinski definition) is 1. The van der Waals surface area contributed by atoms with Crippen LogP contribution in [-0.4, -0.2) is 17.0 Å². The smallest absolute Gasteiger partial charge is 1.00 e. The summed E-state index contributed by atoms with van der Waals surface area (Å²) in [6.07, 6.45) is 1.90. The van der Waals surface area contributed by atoms with Crippen molar-refractivity contribution in [3.63, 3.8) is 0 Å². The van der Waals surface area contributed by atoms with Crippen molar-refractivity contribution >= 4 is 0 Å². The molecule has 0 spiro atoms. The first-order chi connectivity index (χ1) is 4.09. The maximum absolute atomic E-state index is 3.73. The van der Waals surface area contributed by atoms with Gasteiger partial charge >= 0.3 is 18.9 Å². The van der Waals surface area contributed by atoms with E-state index in [0.717, 1.165) is 0 Å². The van der Waals surface area contributed by atoms with Gasteiger partial charge in [0.05, 0.1) is 0 Å². The minimum absolute atomic E-state index is 0. The fourth-order valence-corrected chi connectivity index (χ4v) is 1.02. The minimum Gasteiger partial charge on any atom is -1.00 e. The molecule has 0 radical (unpaired) electrons. The molecule has 0 saturated carbocycles. The molecule has 0 saturated heterocycles. The van der Waals surface area contributed by atoms with Crippen molar-refractivity contribution in [2.24, 2.45) is 0 Å². The quantitative estimate of drug-likeness (QED) is 0.465. The van der Waals surface area contributed by atoms with Gasteiger partial charge in [-0.25, -0.2) is 0 Å². The van der Waals surface area contributed by atoms with Crippen molar-refractivity contribution in [2.75, 3.05) is 0 Å². The van der Waals surface area contributed by atoms with Crippen LogP contribution >= 0.6 is 0 Å². The van der Waals surface area contributed by atoms with Crippen LogP contribution in [0, 0.1) is 0 Å². The molecular weight excluding hydrogens is 117 g/mol. The second kappa shape index (κ2) is 5.89. The van der Waals surface area contributed by atoms with E-state index in [1.807, 2.05) is 6.20 Å². The monoisotopic (exact) mass is 135 g/mol. The van der Waals surface area contributed by atoms with Gasteiger partial charge in [-0.1, -0.05) is 6.58 Å². The van der Waals surface area contributed by atoms with Gasteiger partial charge in [0.15, 0.2) is 0 Å². The Kier molecular flexibility index (Phi) is 7.53. The molecule has 0 heterocycles. The summed E-state index contributed by atoms with van der Waals surface area (Å²) in [6.45, 7) is 12.4. The molecule has 0 unspecified atom stereocenters. The van der Waals surface area contributed by atoms with E-state index >= 15 is 0 Å². The third-order valence-electron chi connectivity index (χ3n) is 1.40. The van der Waals surface area contributed by atoms with Crippen LogP contribution < -0.4 is 18.9 Å². The average Bonchev–Trinajstić information content (AvgIpc) is 1.64. The SMILES string of the molecule is C=CN(C(C)C)C(C)C.[H-].[Li+]. The fraction of sp³-hybridized carbons (Fsp3) is 0.750. The Morgan fingerprint density at radius 1 is 1.20 bits per heavy atom. The van der Waals surface area contributed by atoms with Crippen LogP contribution in [0.5, 0.6) is 0 Å². The molecule has 0 aromatic rings. The van der Waals surface area contributed by atoms with Gasteiger partial charge in [-0.2, -0.15) is 0 Å². The van der Waals surface area contributed by atoms with Gasteiger partial charge in [0, 0.05) is 12.1 Å². The molecule has 0 N–H and O–H groups in total. The van der Waals surface area contributed by atoms with E-state index in [0.29, 0.717) is 12.1 Å². The van der Waals surface area contributed by atoms with Crippen molar-refractivity contribution in [2.45, 2.75) is 39.8 Å². The van der Waals surface area contributed by atoms with E-state index in [1.54, 1.807) is 0 Å². The molecule has 0 rings (SSSR count). The van der Waals surface area contributed by atoms with Crippen LogP contribution in [0.2, 0.25) is 0 Å². The van der Waals surface area contributed by atoms with Gasteiger partial charge in [0.1, 0.15) is 0 Å². The van der Waals surface area contributed by atoms with Gasteiger partial charge in [-0.3, -0.25) is 0 Å². The second-order valence-electron chi connectivity index (χ2n) is 2.82. The molecule has 10 heavy (non-hydrogen) atoms. The fourth-order valence-electron chi connectivity index (χ4n) is 1.02. The summed E-state index contributed by atoms with van der Waals surface area (Å²) in [6, 6.07) is 1.14. The summed E-state index contributed by atoms with van der Waals surface area (Å²) in [5.74, 6) is 0. The summed E-state index contributed by atoms with van der Waals surface area (Å²) in [4.78, 5) is 2.22. The molecule has 0 aromatic carbocycles. The number of nitrogens with zero attached hydrogens (tertiary/aromatic N) is 1. The standard InChI is InChI=1S/C8H17N.Li.H/c1-6-9(7(2)3)8(4)5;;/h6-8H,1H2,2-5H3;;/q;+1;-1. The predicted octanol–water partition coefficient (Wildman–Crippen LogP) is -0.635. The van der Waals surface area contributed by atoms with E-state index in [9.17, 15) is 0 Å². The summed E-state index contributed by atoms with van der Waals surface area (Å²) < 4.78 is 0. The van der Waals surface area contributed by atoms with Crippen LogP contribution in [0.25, 0.3) is 0 Å². The normalized spacial score (nSPS) is 9.40. The third-order valence-corrected chi connectivity index (χ3v) is 1.40. The maximum atomic E-state index is 3.73. The molecular formula is C8H18LiN. The zero-order valence-electron chi connectivity index (χ0n) is 8.89. The molecule has 56 valence electrons. The Balaban J connectivity index is -0.000000320. The van der Waals surface area contributed by atoms with Crippen molar-refractivity contribution < 1.29 is 20.3 Å². The zero-order chi connectivity index (χ0) is 7.44. The van der Waals surface area contributed by atoms with Gasteiger partial charge in [-0.05, 0) is 33.9 Å². The van der Waals surface area contributed by atoms with E-state index in [4.69, 9.17) is 0 Å². The number of hydrogen-bond donors (Lipinski definition) is 0. The van der Waals surface area contributed by atoms with Crippen molar-refractivity contribution in [1.29, 1.82) is 0 Å². The first kappa shape index (κ1) is 12.8. The zero-order valence-corrected chi connectivity index (χ0v) is 7.89. The molecule has 0 aliphatic carbocycles. The van der Waals surface area contributed by atoms with E-state index in [-0.39, 0.29) is 20.3 Å². The Morgan fingerprint density at radius 2 is 1.50 bits per heavy atom. The van der Waals surface area contributed by atoms with E-state index < -0.39 is 0 Å². The topological polar surface area (TPSA) is 3.24 Å². The van der Waals surface area contributed by atoms with Gasteiger partial charge in [-0.15, -0.1) is 0 Å². The first-order valence-corrected chi connectivity index (χ1v) is 3.49. The third kappa shape index (κ3) is 4.03. The predicted molar refractivity (Wildman–Crippen MR) is 43.4 cm³/mol. The second-order valence-corrected chi connectivity index (χ2v) is 2.82. The largest absolute Gasteiger partial charge is 1.00 e. The molecule has 0 amide bonds. The molecule has 0 aliphatic rings. The van der Waals surface area contributed by atoms with Crippen LogP contribution in [0.15, 0.2) is 12.8 Å². The van der Waals surface area contributed by atoms with Crippen LogP contribution in [0.4, 0.5) is 0 Å². The summed E-state index contributed by atoms with van der Waals surface area (Å²) >= 11 is 0. The average molecular weight is 135 g/mol. The molecule has 0 aliphatic heterocycles. The van der Waals surface area contributed by atoms with Crippen LogP contribution in [-0.2, 0) is 0 Å². The molecule has 0 atom stereocenters. The van der Waals surface area contributed by atoms with Crippen molar-refractivity contribution in [3.8, 4) is 0 Å². The Hall–Kier alpha value is 0.137. The molecule has 0 aromatic heterocycles. The van der Waals surface area contributed by atoms with Crippen molar-refractivity contribution in [1.82, 2.24) is 4.90 Å². The van der Waals surface area contributed by atoms with Crippen molar-refractivity contribution in [3.05, 3.63) is 12.8 Å². The maximum Gasteiger partial charge on any atom is 1.00 e. The summed E-state index contributed by atoms with van der Waals surface area (Å²) in [7, 11) is 0. The Labute approximate surface area is 78.1 Å². The Bertz CT molecular complexity index is 86.1. The van der Waals surface area contributed by atoms with E-state index in [1.165, 1.54) is 0 Å². The Morgan fingerprint density at radius 3 is 1.50 bits per heavy atom. The van der Waals surface area contributed by atoms with Crippen LogP contribution in [0.1, 0.15) is 29.1 Å². The van der Waals surface area contributed by atoms with Crippen LogP contribution in [0.3, 0.4) is 0 Å². The summed E-state index contributed by atoms with van der Waals surface area (Å²) in [5, 5.41) is 0. The molecule has 0 bridgehead atoms. The van der Waals surface area contributed by atoms with Gasteiger partial charge < -0.3 is 6.33 Å². The first-order valence-electron chi connectivity index (χ1n) is 3.49. The summed E-state index contributed by atoms with van der Waals surface area (Å²) in [5.41, 5.74) is 0. The van der Waals surface area contributed by atoms with Gasteiger partial charge in [0.25, 0.3) is 0 Å². The molecule has 1 nitrogen and oxygen atoms in total. The minimum atomic E-state index is 0. The molecule has 2 heteroatoms. The number of rotatable bonds is 3. The van der Waals surface area contributed by atoms with E-state index in [2.05, 4.69) is 39.2 Å². The molecule has 0 fully saturated rings. The van der Waals surface area contributed by atoms with Gasteiger partial charge in [0.2, 0.25) is 0 Å².